The largest absolute Gasteiger partial charge is 0.416 e. The van der Waals surface area contributed by atoms with Crippen LogP contribution in [0.1, 0.15) is 10.4 Å². The van der Waals surface area contributed by atoms with Gasteiger partial charge in [0.1, 0.15) is 0 Å². The first kappa shape index (κ1) is 11.4. The molecule has 0 heterocycles. The van der Waals surface area contributed by atoms with Crippen molar-refractivity contribution in [2.24, 2.45) is 0 Å². The van der Waals surface area contributed by atoms with E-state index in [0.717, 1.165) is 5.19 Å². The van der Waals surface area contributed by atoms with E-state index in [0.29, 0.717) is 5.56 Å². The van der Waals surface area contributed by atoms with Gasteiger partial charge in [0, 0.05) is 12.7 Å². The number of carbonyl (C=O) groups is 1. The lowest BCUT2D eigenvalue weighted by molar-refractivity contribution is 0.108. The highest BCUT2D eigenvalue weighted by Crippen LogP contribution is 2.07. The van der Waals surface area contributed by atoms with E-state index in [1.807, 2.05) is 18.2 Å². The summed E-state index contributed by atoms with van der Waals surface area (Å²) >= 11 is 5.40. The van der Waals surface area contributed by atoms with Gasteiger partial charge in [0.05, 0.1) is 0 Å². The maximum absolute atomic E-state index is 11.0. The Kier molecular flexibility index (Phi) is 3.47. The second-order valence-electron chi connectivity index (χ2n) is 3.57. The Morgan fingerprint density at radius 3 is 2.57 bits per heavy atom. The van der Waals surface area contributed by atoms with Gasteiger partial charge in [0.15, 0.2) is 0 Å². The minimum Gasteiger partial charge on any atom is -0.416 e. The normalized spacial score (nSPS) is 11.4. The molecule has 0 aliphatic carbocycles. The Morgan fingerprint density at radius 1 is 1.43 bits per heavy atom. The summed E-state index contributed by atoms with van der Waals surface area (Å²) in [5.74, 6) is 0. The van der Waals surface area contributed by atoms with E-state index in [1.165, 1.54) is 0 Å². The zero-order valence-electron chi connectivity index (χ0n) is 8.50. The zero-order chi connectivity index (χ0) is 10.8. The molecule has 2 nitrogen and oxygen atoms in total. The van der Waals surface area contributed by atoms with Crippen LogP contribution in [-0.4, -0.2) is 20.7 Å². The summed E-state index contributed by atoms with van der Waals surface area (Å²) in [5.41, 5.74) is 0.529. The lowest BCUT2D eigenvalue weighted by atomic mass is 10.2. The number of hydrogen-bond donors (Lipinski definition) is 0. The number of hydrogen-bond acceptors (Lipinski definition) is 2. The van der Waals surface area contributed by atoms with E-state index in [-0.39, 0.29) is 0 Å². The van der Waals surface area contributed by atoms with Crippen molar-refractivity contribution in [3.63, 3.8) is 0 Å². The second kappa shape index (κ2) is 4.25. The van der Waals surface area contributed by atoms with Gasteiger partial charge in [-0.25, -0.2) is 0 Å². The molecule has 0 N–H and O–H groups in total. The maximum Gasteiger partial charge on any atom is 0.252 e. The lowest BCUT2D eigenvalue weighted by Gasteiger charge is -2.20. The first-order valence-electron chi connectivity index (χ1n) is 4.33. The molecule has 0 saturated carbocycles. The molecular formula is C10H13ClO2Si. The summed E-state index contributed by atoms with van der Waals surface area (Å²) in [6, 6.07) is 7.32. The molecule has 0 unspecified atom stereocenters. The number of benzene rings is 1. The zero-order valence-corrected chi connectivity index (χ0v) is 10.3. The van der Waals surface area contributed by atoms with Crippen molar-refractivity contribution >= 4 is 30.3 Å². The number of halogens is 1. The van der Waals surface area contributed by atoms with Gasteiger partial charge in [-0.1, -0.05) is 18.2 Å². The molecule has 0 fully saturated rings. The molecule has 1 aromatic carbocycles. The smallest absolute Gasteiger partial charge is 0.252 e. The monoisotopic (exact) mass is 228 g/mol. The molecule has 0 aliphatic heterocycles. The fourth-order valence-electron chi connectivity index (χ4n) is 1.13. The lowest BCUT2D eigenvalue weighted by Crippen LogP contribution is -2.43. The summed E-state index contributed by atoms with van der Waals surface area (Å²) in [6.45, 7) is 4.15. The summed E-state index contributed by atoms with van der Waals surface area (Å²) in [4.78, 5) is 11.0. The minimum absolute atomic E-state index is 0.423. The first-order valence-corrected chi connectivity index (χ1v) is 7.61. The van der Waals surface area contributed by atoms with Crippen LogP contribution < -0.4 is 5.19 Å². The van der Waals surface area contributed by atoms with Crippen LogP contribution in [0.2, 0.25) is 13.1 Å². The average Bonchev–Trinajstić information content (AvgIpc) is 2.18. The van der Waals surface area contributed by atoms with Gasteiger partial charge >= 0.3 is 0 Å². The molecule has 0 atom stereocenters. The number of rotatable bonds is 3. The van der Waals surface area contributed by atoms with Crippen molar-refractivity contribution in [3.8, 4) is 0 Å². The van der Waals surface area contributed by atoms with Crippen LogP contribution >= 0.6 is 11.6 Å². The van der Waals surface area contributed by atoms with Gasteiger partial charge in [-0.05, 0) is 35.9 Å². The highest BCUT2D eigenvalue weighted by atomic mass is 35.5. The van der Waals surface area contributed by atoms with Crippen LogP contribution in [0.25, 0.3) is 0 Å². The van der Waals surface area contributed by atoms with Gasteiger partial charge < -0.3 is 4.43 Å². The molecule has 0 aromatic heterocycles. The highest BCUT2D eigenvalue weighted by molar-refractivity contribution is 6.84. The van der Waals surface area contributed by atoms with Gasteiger partial charge in [-0.3, -0.25) is 4.79 Å². The van der Waals surface area contributed by atoms with E-state index in [1.54, 1.807) is 13.2 Å². The third-order valence-corrected chi connectivity index (χ3v) is 5.24. The number of carbonyl (C=O) groups excluding carboxylic acids is 1. The predicted molar refractivity (Wildman–Crippen MR) is 60.8 cm³/mol. The summed E-state index contributed by atoms with van der Waals surface area (Å²) in [5, 5.41) is 0.652. The Balaban J connectivity index is 3.12. The Labute approximate surface area is 90.0 Å². The van der Waals surface area contributed by atoms with Gasteiger partial charge in [0.2, 0.25) is 8.32 Å². The standard InChI is InChI=1S/C10H13ClO2Si/c1-13-14(2,3)9-6-4-5-8(7-9)10(11)12/h4-7H,1-3H3. The predicted octanol–water partition coefficient (Wildman–Crippen LogP) is 2.12. The Morgan fingerprint density at radius 2 is 2.07 bits per heavy atom. The molecule has 0 saturated heterocycles. The van der Waals surface area contributed by atoms with E-state index in [9.17, 15) is 4.79 Å². The van der Waals surface area contributed by atoms with Crippen molar-refractivity contribution < 1.29 is 9.22 Å². The second-order valence-corrected chi connectivity index (χ2v) is 7.92. The third kappa shape index (κ3) is 2.44. The van der Waals surface area contributed by atoms with Crippen LogP contribution in [0.3, 0.4) is 0 Å². The SMILES string of the molecule is CO[Si](C)(C)c1cccc(C(=O)Cl)c1. The fraction of sp³-hybridized carbons (Fsp3) is 0.300. The Bertz CT molecular complexity index is 350. The summed E-state index contributed by atoms with van der Waals surface area (Å²) in [7, 11) is -0.146. The topological polar surface area (TPSA) is 26.3 Å². The van der Waals surface area contributed by atoms with Crippen LogP contribution in [0.5, 0.6) is 0 Å². The van der Waals surface area contributed by atoms with Crippen LogP contribution in [0.4, 0.5) is 0 Å². The van der Waals surface area contributed by atoms with Crippen molar-refractivity contribution in [2.45, 2.75) is 13.1 Å². The van der Waals surface area contributed by atoms with Gasteiger partial charge in [0.25, 0.3) is 5.24 Å². The molecule has 14 heavy (non-hydrogen) atoms. The van der Waals surface area contributed by atoms with E-state index >= 15 is 0 Å². The van der Waals surface area contributed by atoms with Crippen molar-refractivity contribution in [1.82, 2.24) is 0 Å². The maximum atomic E-state index is 11.0. The van der Waals surface area contributed by atoms with Crippen molar-refractivity contribution in [2.75, 3.05) is 7.11 Å². The van der Waals surface area contributed by atoms with E-state index < -0.39 is 13.6 Å². The van der Waals surface area contributed by atoms with Crippen molar-refractivity contribution in [1.29, 1.82) is 0 Å². The molecule has 0 radical (unpaired) electrons. The molecule has 4 heteroatoms. The van der Waals surface area contributed by atoms with Crippen LogP contribution in [0.15, 0.2) is 24.3 Å². The van der Waals surface area contributed by atoms with Crippen LogP contribution in [0, 0.1) is 0 Å². The molecule has 76 valence electrons. The van der Waals surface area contributed by atoms with Gasteiger partial charge in [-0.2, -0.15) is 0 Å². The molecule has 1 aromatic rings. The molecule has 1 rings (SSSR count). The minimum atomic E-state index is -1.84. The molecule has 0 spiro atoms. The van der Waals surface area contributed by atoms with Gasteiger partial charge in [-0.15, -0.1) is 0 Å². The quantitative estimate of drug-likeness (QED) is 0.585. The summed E-state index contributed by atoms with van der Waals surface area (Å²) in [6.07, 6.45) is 0. The van der Waals surface area contributed by atoms with E-state index in [2.05, 4.69) is 13.1 Å². The first-order chi connectivity index (χ1) is 6.47. The molecule has 0 aliphatic rings. The molecule has 0 bridgehead atoms. The van der Waals surface area contributed by atoms with Crippen LogP contribution in [-0.2, 0) is 4.43 Å². The highest BCUT2D eigenvalue weighted by Gasteiger charge is 2.23. The average molecular weight is 229 g/mol. The van der Waals surface area contributed by atoms with E-state index in [4.69, 9.17) is 16.0 Å². The fourth-order valence-corrected chi connectivity index (χ4v) is 2.49. The van der Waals surface area contributed by atoms with Crippen molar-refractivity contribution in [3.05, 3.63) is 29.8 Å². The third-order valence-electron chi connectivity index (χ3n) is 2.30. The Hall–Kier alpha value is -0.643. The molecular weight excluding hydrogens is 216 g/mol. The molecule has 0 amide bonds. The summed E-state index contributed by atoms with van der Waals surface area (Å²) < 4.78 is 5.44.